The van der Waals surface area contributed by atoms with Crippen molar-refractivity contribution in [3.8, 4) is 0 Å². The van der Waals surface area contributed by atoms with Crippen LogP contribution in [0.1, 0.15) is 19.3 Å². The van der Waals surface area contributed by atoms with Crippen molar-refractivity contribution in [2.75, 3.05) is 24.2 Å². The minimum Gasteiger partial charge on any atom is -0.365 e. The molecular weight excluding hydrogens is 294 g/mol. The quantitative estimate of drug-likeness (QED) is 0.626. The van der Waals surface area contributed by atoms with Crippen molar-refractivity contribution in [3.05, 3.63) is 38.4 Å². The number of nitro groups is 2. The molecule has 0 aromatic heterocycles. The van der Waals surface area contributed by atoms with Crippen LogP contribution in [0.15, 0.2) is 18.2 Å². The molecule has 1 aromatic rings. The molecule has 1 heterocycles. The van der Waals surface area contributed by atoms with E-state index in [-0.39, 0.29) is 11.4 Å². The van der Waals surface area contributed by atoms with Gasteiger partial charge in [-0.2, -0.15) is 11.8 Å². The Hall–Kier alpha value is -1.83. The fraction of sp³-hybridized carbons (Fsp3) is 0.538. The minimum atomic E-state index is -0.607. The van der Waals surface area contributed by atoms with E-state index in [4.69, 9.17) is 0 Å². The van der Waals surface area contributed by atoms with Crippen molar-refractivity contribution in [2.24, 2.45) is 0 Å². The highest BCUT2D eigenvalue weighted by Crippen LogP contribution is 2.34. The van der Waals surface area contributed by atoms with Crippen LogP contribution in [-0.2, 0) is 0 Å². The molecule has 1 atom stereocenters. The standard InChI is InChI=1S/C13H17N3O4S/c1-21-11-4-2-3-7-14(9-11)12-6-5-10(15(17)18)8-13(12)16(19)20/h5-6,8,11H,2-4,7,9H2,1H3. The molecule has 0 spiro atoms. The Kier molecular flexibility index (Phi) is 5.00. The summed E-state index contributed by atoms with van der Waals surface area (Å²) in [6, 6.07) is 3.88. The molecule has 114 valence electrons. The van der Waals surface area contributed by atoms with Gasteiger partial charge >= 0.3 is 0 Å². The molecular formula is C13H17N3O4S. The number of nitrogens with zero attached hydrogens (tertiary/aromatic N) is 3. The topological polar surface area (TPSA) is 89.5 Å². The van der Waals surface area contributed by atoms with Crippen molar-refractivity contribution < 1.29 is 9.85 Å². The fourth-order valence-corrected chi connectivity index (χ4v) is 3.28. The Balaban J connectivity index is 2.37. The zero-order chi connectivity index (χ0) is 15.4. The van der Waals surface area contributed by atoms with Gasteiger partial charge in [-0.25, -0.2) is 0 Å². The van der Waals surface area contributed by atoms with Gasteiger partial charge in [0, 0.05) is 24.4 Å². The molecule has 7 nitrogen and oxygen atoms in total. The maximum absolute atomic E-state index is 11.2. The maximum Gasteiger partial charge on any atom is 0.299 e. The van der Waals surface area contributed by atoms with Crippen LogP contribution in [0.3, 0.4) is 0 Å². The van der Waals surface area contributed by atoms with E-state index in [2.05, 4.69) is 0 Å². The molecule has 1 aromatic carbocycles. The lowest BCUT2D eigenvalue weighted by molar-refractivity contribution is -0.393. The second-order valence-corrected chi connectivity index (χ2v) is 6.12. The van der Waals surface area contributed by atoms with Crippen LogP contribution in [0.5, 0.6) is 0 Å². The summed E-state index contributed by atoms with van der Waals surface area (Å²) in [4.78, 5) is 22.8. The largest absolute Gasteiger partial charge is 0.365 e. The Morgan fingerprint density at radius 2 is 2.00 bits per heavy atom. The number of rotatable bonds is 4. The molecule has 8 heteroatoms. The summed E-state index contributed by atoms with van der Waals surface area (Å²) in [5, 5.41) is 22.4. The molecule has 0 radical (unpaired) electrons. The molecule has 0 bridgehead atoms. The van der Waals surface area contributed by atoms with E-state index >= 15 is 0 Å². The summed E-state index contributed by atoms with van der Waals surface area (Å²) in [7, 11) is 0. The van der Waals surface area contributed by atoms with Gasteiger partial charge in [0.25, 0.3) is 11.4 Å². The van der Waals surface area contributed by atoms with Crippen molar-refractivity contribution in [1.29, 1.82) is 0 Å². The highest BCUT2D eigenvalue weighted by atomic mass is 32.2. The lowest BCUT2D eigenvalue weighted by Crippen LogP contribution is -2.30. The van der Waals surface area contributed by atoms with Gasteiger partial charge in [0.1, 0.15) is 5.69 Å². The zero-order valence-electron chi connectivity index (χ0n) is 11.7. The molecule has 0 amide bonds. The Bertz CT molecular complexity index is 552. The van der Waals surface area contributed by atoms with Gasteiger partial charge in [-0.05, 0) is 25.2 Å². The van der Waals surface area contributed by atoms with E-state index in [1.807, 2.05) is 11.2 Å². The Labute approximate surface area is 126 Å². The van der Waals surface area contributed by atoms with Crippen LogP contribution >= 0.6 is 11.8 Å². The first-order chi connectivity index (χ1) is 10.0. The first-order valence-corrected chi connectivity index (χ1v) is 8.02. The van der Waals surface area contributed by atoms with Gasteiger partial charge in [-0.15, -0.1) is 0 Å². The minimum absolute atomic E-state index is 0.189. The van der Waals surface area contributed by atoms with E-state index in [0.29, 0.717) is 10.9 Å². The molecule has 0 aliphatic carbocycles. The molecule has 1 unspecified atom stereocenters. The number of hydrogen-bond donors (Lipinski definition) is 0. The summed E-state index contributed by atoms with van der Waals surface area (Å²) < 4.78 is 0. The van der Waals surface area contributed by atoms with Crippen molar-refractivity contribution in [2.45, 2.75) is 24.5 Å². The molecule has 0 saturated carbocycles. The Morgan fingerprint density at radius 3 is 2.62 bits per heavy atom. The van der Waals surface area contributed by atoms with Crippen LogP contribution in [0.2, 0.25) is 0 Å². The smallest absolute Gasteiger partial charge is 0.299 e. The molecule has 1 fully saturated rings. The molecule has 21 heavy (non-hydrogen) atoms. The molecule has 2 rings (SSSR count). The third-order valence-electron chi connectivity index (χ3n) is 3.67. The monoisotopic (exact) mass is 311 g/mol. The summed E-state index contributed by atoms with van der Waals surface area (Å²) >= 11 is 1.76. The number of hydrogen-bond acceptors (Lipinski definition) is 6. The average Bonchev–Trinajstić information content (AvgIpc) is 2.71. The zero-order valence-corrected chi connectivity index (χ0v) is 12.5. The van der Waals surface area contributed by atoms with E-state index in [0.717, 1.165) is 38.4 Å². The number of nitro benzene ring substituents is 2. The highest BCUT2D eigenvalue weighted by molar-refractivity contribution is 7.99. The first kappa shape index (κ1) is 15.6. The average molecular weight is 311 g/mol. The van der Waals surface area contributed by atoms with E-state index in [9.17, 15) is 20.2 Å². The highest BCUT2D eigenvalue weighted by Gasteiger charge is 2.26. The third-order valence-corrected chi connectivity index (χ3v) is 4.72. The van der Waals surface area contributed by atoms with Crippen molar-refractivity contribution >= 4 is 28.8 Å². The summed E-state index contributed by atoms with van der Waals surface area (Å²) in [6.07, 6.45) is 5.21. The van der Waals surface area contributed by atoms with Gasteiger partial charge in [0.2, 0.25) is 0 Å². The molecule has 1 saturated heterocycles. The van der Waals surface area contributed by atoms with Gasteiger partial charge in [-0.1, -0.05) is 6.42 Å². The predicted octanol–water partition coefficient (Wildman–Crippen LogP) is 3.22. The summed E-state index contributed by atoms with van der Waals surface area (Å²) in [5.41, 5.74) is 0.0409. The third kappa shape index (κ3) is 3.63. The van der Waals surface area contributed by atoms with Crippen molar-refractivity contribution in [1.82, 2.24) is 0 Å². The van der Waals surface area contributed by atoms with Crippen LogP contribution < -0.4 is 4.90 Å². The SMILES string of the molecule is CSC1CCCCN(c2ccc([N+](=O)[O-])cc2[N+](=O)[O-])C1. The summed E-state index contributed by atoms with van der Waals surface area (Å²) in [5.74, 6) is 0. The number of benzene rings is 1. The number of thioether (sulfide) groups is 1. The maximum atomic E-state index is 11.2. The lowest BCUT2D eigenvalue weighted by atomic mass is 10.2. The first-order valence-electron chi connectivity index (χ1n) is 6.73. The predicted molar refractivity (Wildman–Crippen MR) is 83.1 cm³/mol. The molecule has 1 aliphatic heterocycles. The molecule has 0 N–H and O–H groups in total. The van der Waals surface area contributed by atoms with E-state index < -0.39 is 9.85 Å². The van der Waals surface area contributed by atoms with Gasteiger partial charge in [-0.3, -0.25) is 20.2 Å². The van der Waals surface area contributed by atoms with Gasteiger partial charge in [0.15, 0.2) is 0 Å². The van der Waals surface area contributed by atoms with E-state index in [1.165, 1.54) is 12.1 Å². The Morgan fingerprint density at radius 1 is 1.24 bits per heavy atom. The fourth-order valence-electron chi connectivity index (χ4n) is 2.55. The lowest BCUT2D eigenvalue weighted by Gasteiger charge is -2.25. The molecule has 1 aliphatic rings. The van der Waals surface area contributed by atoms with Gasteiger partial charge in [0.05, 0.1) is 15.9 Å². The van der Waals surface area contributed by atoms with Gasteiger partial charge < -0.3 is 4.90 Å². The van der Waals surface area contributed by atoms with Crippen LogP contribution in [0, 0.1) is 20.2 Å². The summed E-state index contributed by atoms with van der Waals surface area (Å²) in [6.45, 7) is 1.48. The van der Waals surface area contributed by atoms with Crippen LogP contribution in [0.4, 0.5) is 17.1 Å². The van der Waals surface area contributed by atoms with Crippen LogP contribution in [0.25, 0.3) is 0 Å². The van der Waals surface area contributed by atoms with E-state index in [1.54, 1.807) is 11.8 Å². The van der Waals surface area contributed by atoms with Crippen LogP contribution in [-0.4, -0.2) is 34.4 Å². The number of anilines is 1. The number of non-ortho nitro benzene ring substituents is 1. The normalized spacial score (nSPS) is 19.1. The second kappa shape index (κ2) is 6.75. The second-order valence-electron chi connectivity index (χ2n) is 4.99. The van der Waals surface area contributed by atoms with Crippen molar-refractivity contribution in [3.63, 3.8) is 0 Å².